The molecule has 0 aromatic heterocycles. The lowest BCUT2D eigenvalue weighted by atomic mass is 10.0. The van der Waals surface area contributed by atoms with E-state index >= 15 is 0 Å². The van der Waals surface area contributed by atoms with Crippen LogP contribution in [0.15, 0.2) is 48.5 Å². The van der Waals surface area contributed by atoms with Gasteiger partial charge in [-0.25, -0.2) is 0 Å². The van der Waals surface area contributed by atoms with Crippen molar-refractivity contribution in [3.63, 3.8) is 0 Å². The molecule has 0 N–H and O–H groups in total. The van der Waals surface area contributed by atoms with Gasteiger partial charge in [0.1, 0.15) is 5.75 Å². The number of alkyl halides is 3. The molecular weight excluding hydrogens is 305 g/mol. The lowest BCUT2D eigenvalue weighted by Crippen LogP contribution is -2.28. The van der Waals surface area contributed by atoms with Crippen LogP contribution in [0.4, 0.5) is 13.2 Å². The minimum absolute atomic E-state index is 0.385. The lowest BCUT2D eigenvalue weighted by molar-refractivity contribution is -0.0500. The third kappa shape index (κ3) is 3.36. The maximum atomic E-state index is 12.2. The molecular formula is C14H11F3O3S. The molecule has 0 aliphatic heterocycles. The summed E-state index contributed by atoms with van der Waals surface area (Å²) in [6, 6.07) is 12.8. The zero-order chi connectivity index (χ0) is 15.7. The topological polar surface area (TPSA) is 43.4 Å². The van der Waals surface area contributed by atoms with Gasteiger partial charge in [0.15, 0.2) is 0 Å². The second-order valence-corrected chi connectivity index (χ2v) is 5.86. The molecule has 0 radical (unpaired) electrons. The normalized spacial score (nSPS) is 12.2. The number of halogens is 3. The van der Waals surface area contributed by atoms with Gasteiger partial charge in [0.05, 0.1) is 0 Å². The van der Waals surface area contributed by atoms with Crippen LogP contribution in [0.1, 0.15) is 5.56 Å². The molecule has 112 valence electrons. The van der Waals surface area contributed by atoms with Crippen molar-refractivity contribution in [3.8, 4) is 16.9 Å². The van der Waals surface area contributed by atoms with E-state index in [1.807, 2.05) is 31.2 Å². The predicted molar refractivity (Wildman–Crippen MR) is 72.2 cm³/mol. The van der Waals surface area contributed by atoms with Gasteiger partial charge in [-0.15, -0.1) is 0 Å². The van der Waals surface area contributed by atoms with E-state index in [9.17, 15) is 21.6 Å². The Kier molecular flexibility index (Phi) is 3.95. The Morgan fingerprint density at radius 2 is 1.52 bits per heavy atom. The van der Waals surface area contributed by atoms with Gasteiger partial charge >= 0.3 is 15.6 Å². The minimum Gasteiger partial charge on any atom is -0.376 e. The molecule has 0 bridgehead atoms. The van der Waals surface area contributed by atoms with Gasteiger partial charge in [-0.2, -0.15) is 21.6 Å². The van der Waals surface area contributed by atoms with Crippen LogP contribution in [0.25, 0.3) is 11.1 Å². The first-order chi connectivity index (χ1) is 9.71. The fourth-order valence-electron chi connectivity index (χ4n) is 1.76. The molecule has 0 heterocycles. The largest absolute Gasteiger partial charge is 0.534 e. The van der Waals surface area contributed by atoms with Crippen LogP contribution in [0, 0.1) is 6.92 Å². The van der Waals surface area contributed by atoms with Gasteiger partial charge in [-0.1, -0.05) is 36.4 Å². The summed E-state index contributed by atoms with van der Waals surface area (Å²) in [6.45, 7) is 1.90. The van der Waals surface area contributed by atoms with E-state index in [1.165, 1.54) is 24.3 Å². The van der Waals surface area contributed by atoms with E-state index < -0.39 is 15.6 Å². The summed E-state index contributed by atoms with van der Waals surface area (Å²) in [5.41, 5.74) is -2.79. The zero-order valence-corrected chi connectivity index (χ0v) is 11.7. The van der Waals surface area contributed by atoms with Crippen LogP contribution in [0.5, 0.6) is 5.75 Å². The van der Waals surface area contributed by atoms with Gasteiger partial charge in [0.25, 0.3) is 0 Å². The van der Waals surface area contributed by atoms with Crippen molar-refractivity contribution >= 4 is 10.1 Å². The molecule has 2 aromatic carbocycles. The summed E-state index contributed by atoms with van der Waals surface area (Å²) in [5.74, 6) is -0.385. The van der Waals surface area contributed by atoms with Gasteiger partial charge in [-0.3, -0.25) is 0 Å². The van der Waals surface area contributed by atoms with Crippen LogP contribution in [0.2, 0.25) is 0 Å². The Labute approximate surface area is 120 Å². The average molecular weight is 316 g/mol. The number of hydrogen-bond acceptors (Lipinski definition) is 3. The van der Waals surface area contributed by atoms with Gasteiger partial charge in [0.2, 0.25) is 0 Å². The average Bonchev–Trinajstić information content (AvgIpc) is 2.39. The molecule has 0 fully saturated rings. The van der Waals surface area contributed by atoms with Crippen LogP contribution in [-0.4, -0.2) is 13.9 Å². The van der Waals surface area contributed by atoms with Gasteiger partial charge < -0.3 is 4.18 Å². The van der Waals surface area contributed by atoms with E-state index in [0.29, 0.717) is 0 Å². The maximum Gasteiger partial charge on any atom is 0.534 e. The SMILES string of the molecule is Cc1ccccc1-c1ccc(OS(=O)(=O)C(F)(F)F)cc1. The third-order valence-corrected chi connectivity index (χ3v) is 3.78. The molecule has 0 aliphatic rings. The fraction of sp³-hybridized carbons (Fsp3) is 0.143. The first-order valence-corrected chi connectivity index (χ1v) is 7.28. The second kappa shape index (κ2) is 5.40. The Morgan fingerprint density at radius 1 is 0.952 bits per heavy atom. The highest BCUT2D eigenvalue weighted by Gasteiger charge is 2.48. The van der Waals surface area contributed by atoms with Crippen molar-refractivity contribution in [1.82, 2.24) is 0 Å². The third-order valence-electron chi connectivity index (χ3n) is 2.80. The van der Waals surface area contributed by atoms with E-state index in [2.05, 4.69) is 4.18 Å². The number of aryl methyl sites for hydroxylation is 1. The number of hydrogen-bond donors (Lipinski definition) is 0. The van der Waals surface area contributed by atoms with E-state index in [4.69, 9.17) is 0 Å². The van der Waals surface area contributed by atoms with Gasteiger partial charge in [0, 0.05) is 0 Å². The van der Waals surface area contributed by atoms with Crippen molar-refractivity contribution < 1.29 is 25.8 Å². The molecule has 21 heavy (non-hydrogen) atoms. The second-order valence-electron chi connectivity index (χ2n) is 4.32. The molecule has 0 spiro atoms. The van der Waals surface area contributed by atoms with Crippen molar-refractivity contribution in [3.05, 3.63) is 54.1 Å². The Hall–Kier alpha value is -2.02. The Bertz CT molecular complexity index is 735. The first-order valence-electron chi connectivity index (χ1n) is 5.87. The van der Waals surface area contributed by atoms with Crippen molar-refractivity contribution in [2.45, 2.75) is 12.4 Å². The quantitative estimate of drug-likeness (QED) is 0.637. The smallest absolute Gasteiger partial charge is 0.376 e. The molecule has 0 saturated heterocycles. The molecule has 3 nitrogen and oxygen atoms in total. The predicted octanol–water partition coefficient (Wildman–Crippen LogP) is 3.89. The molecule has 7 heteroatoms. The monoisotopic (exact) mass is 316 g/mol. The highest BCUT2D eigenvalue weighted by molar-refractivity contribution is 7.87. The summed E-state index contributed by atoms with van der Waals surface area (Å²) in [4.78, 5) is 0. The summed E-state index contributed by atoms with van der Waals surface area (Å²) in [5, 5.41) is 0. The Balaban J connectivity index is 2.27. The zero-order valence-electron chi connectivity index (χ0n) is 10.9. The van der Waals surface area contributed by atoms with Crippen LogP contribution >= 0.6 is 0 Å². The summed E-state index contributed by atoms with van der Waals surface area (Å²) >= 11 is 0. The van der Waals surface area contributed by atoms with Crippen molar-refractivity contribution in [1.29, 1.82) is 0 Å². The first kappa shape index (κ1) is 15.4. The molecule has 2 rings (SSSR count). The highest BCUT2D eigenvalue weighted by atomic mass is 32.2. The van der Waals surface area contributed by atoms with E-state index in [-0.39, 0.29) is 5.75 Å². The maximum absolute atomic E-state index is 12.2. The standard InChI is InChI=1S/C14H11F3O3S/c1-10-4-2-3-5-13(10)11-6-8-12(9-7-11)20-21(18,19)14(15,16)17/h2-9H,1H3. The van der Waals surface area contributed by atoms with Crippen molar-refractivity contribution in [2.24, 2.45) is 0 Å². The highest BCUT2D eigenvalue weighted by Crippen LogP contribution is 2.29. The molecule has 0 unspecified atom stereocenters. The lowest BCUT2D eigenvalue weighted by Gasteiger charge is -2.10. The van der Waals surface area contributed by atoms with Crippen LogP contribution in [-0.2, 0) is 10.1 Å². The minimum atomic E-state index is -5.64. The van der Waals surface area contributed by atoms with E-state index in [0.717, 1.165) is 16.7 Å². The molecule has 0 aliphatic carbocycles. The summed E-state index contributed by atoms with van der Waals surface area (Å²) in [7, 11) is -5.64. The Morgan fingerprint density at radius 3 is 2.05 bits per heavy atom. The molecule has 0 saturated carbocycles. The number of benzene rings is 2. The summed E-state index contributed by atoms with van der Waals surface area (Å²) < 4.78 is 62.4. The molecule has 2 aromatic rings. The van der Waals surface area contributed by atoms with Crippen LogP contribution < -0.4 is 4.18 Å². The van der Waals surface area contributed by atoms with Crippen molar-refractivity contribution in [2.75, 3.05) is 0 Å². The molecule has 0 amide bonds. The van der Waals surface area contributed by atoms with Crippen LogP contribution in [0.3, 0.4) is 0 Å². The molecule has 0 atom stereocenters. The van der Waals surface area contributed by atoms with Gasteiger partial charge in [-0.05, 0) is 35.7 Å². The fourth-order valence-corrected chi connectivity index (χ4v) is 2.22. The summed E-state index contributed by atoms with van der Waals surface area (Å²) in [6.07, 6.45) is 0. The number of rotatable bonds is 3. The van der Waals surface area contributed by atoms with E-state index in [1.54, 1.807) is 0 Å².